The Morgan fingerprint density at radius 1 is 1.60 bits per heavy atom. The van der Waals surface area contributed by atoms with Gasteiger partial charge in [-0.3, -0.25) is 0 Å². The molecule has 0 aromatic heterocycles. The van der Waals surface area contributed by atoms with Crippen LogP contribution in [0.1, 0.15) is 26.2 Å². The highest BCUT2D eigenvalue weighted by atomic mass is 16.5. The minimum absolute atomic E-state index is 0.346. The minimum Gasteiger partial charge on any atom is -0.379 e. The van der Waals surface area contributed by atoms with Gasteiger partial charge in [-0.25, -0.2) is 0 Å². The Labute approximate surface area is 62.5 Å². The zero-order chi connectivity index (χ0) is 7.40. The molecule has 0 aromatic carbocycles. The van der Waals surface area contributed by atoms with Crippen LogP contribution in [0.3, 0.4) is 0 Å². The van der Waals surface area contributed by atoms with E-state index in [1.165, 1.54) is 0 Å². The maximum atomic E-state index is 5.51. The Balaban J connectivity index is 2.34. The molecule has 60 valence electrons. The summed E-state index contributed by atoms with van der Waals surface area (Å²) in [5, 5.41) is 0. The number of hydrogen-bond donors (Lipinski definition) is 0. The first-order valence-electron chi connectivity index (χ1n) is 4.03. The van der Waals surface area contributed by atoms with Crippen molar-refractivity contribution in [3.63, 3.8) is 0 Å². The Morgan fingerprint density at radius 2 is 2.40 bits per heavy atom. The van der Waals surface area contributed by atoms with Gasteiger partial charge in [0.15, 0.2) is 0 Å². The molecule has 0 spiro atoms. The first-order chi connectivity index (χ1) is 4.88. The fourth-order valence-electron chi connectivity index (χ4n) is 1.46. The van der Waals surface area contributed by atoms with Crippen LogP contribution >= 0.6 is 0 Å². The Bertz CT molecular complexity index is 81.3. The van der Waals surface area contributed by atoms with Gasteiger partial charge in [-0.2, -0.15) is 0 Å². The van der Waals surface area contributed by atoms with Crippen molar-refractivity contribution >= 4 is 0 Å². The van der Waals surface area contributed by atoms with Crippen molar-refractivity contribution in [2.45, 2.75) is 38.4 Å². The number of ether oxygens (including phenoxy) is 2. The highest BCUT2D eigenvalue weighted by Crippen LogP contribution is 2.18. The van der Waals surface area contributed by atoms with Gasteiger partial charge < -0.3 is 9.47 Å². The van der Waals surface area contributed by atoms with Crippen LogP contribution in [0.5, 0.6) is 0 Å². The van der Waals surface area contributed by atoms with E-state index in [9.17, 15) is 0 Å². The highest BCUT2D eigenvalue weighted by molar-refractivity contribution is 4.72. The predicted molar refractivity (Wildman–Crippen MR) is 40.1 cm³/mol. The molecule has 10 heavy (non-hydrogen) atoms. The normalized spacial score (nSPS) is 34.2. The Kier molecular flexibility index (Phi) is 3.16. The van der Waals surface area contributed by atoms with E-state index in [2.05, 4.69) is 6.92 Å². The molecule has 1 heterocycles. The summed E-state index contributed by atoms with van der Waals surface area (Å²) in [6.07, 6.45) is 4.07. The summed E-state index contributed by atoms with van der Waals surface area (Å²) in [4.78, 5) is 0. The van der Waals surface area contributed by atoms with Gasteiger partial charge in [0.05, 0.1) is 12.2 Å². The van der Waals surface area contributed by atoms with Crippen LogP contribution in [0.4, 0.5) is 0 Å². The summed E-state index contributed by atoms with van der Waals surface area (Å²) in [6.45, 7) is 3.06. The van der Waals surface area contributed by atoms with Gasteiger partial charge in [0.2, 0.25) is 0 Å². The molecule has 0 N–H and O–H groups in total. The van der Waals surface area contributed by atoms with Crippen LogP contribution < -0.4 is 0 Å². The topological polar surface area (TPSA) is 18.5 Å². The van der Waals surface area contributed by atoms with Crippen molar-refractivity contribution in [1.29, 1.82) is 0 Å². The molecule has 0 radical (unpaired) electrons. The van der Waals surface area contributed by atoms with Crippen LogP contribution in [-0.2, 0) is 9.47 Å². The molecular formula is C8H16O2. The van der Waals surface area contributed by atoms with E-state index < -0.39 is 0 Å². The van der Waals surface area contributed by atoms with E-state index in [0.29, 0.717) is 12.2 Å². The van der Waals surface area contributed by atoms with Crippen molar-refractivity contribution in [2.24, 2.45) is 0 Å². The average molecular weight is 144 g/mol. The van der Waals surface area contributed by atoms with Gasteiger partial charge in [0, 0.05) is 13.7 Å². The third-order valence-electron chi connectivity index (χ3n) is 2.08. The highest BCUT2D eigenvalue weighted by Gasteiger charge is 2.23. The molecule has 1 aliphatic rings. The van der Waals surface area contributed by atoms with Crippen molar-refractivity contribution in [1.82, 2.24) is 0 Å². The lowest BCUT2D eigenvalue weighted by Crippen LogP contribution is -2.34. The van der Waals surface area contributed by atoms with Crippen molar-refractivity contribution in [3.8, 4) is 0 Å². The molecule has 1 rings (SSSR count). The molecule has 1 aliphatic heterocycles. The first-order valence-corrected chi connectivity index (χ1v) is 4.03. The van der Waals surface area contributed by atoms with Gasteiger partial charge in [0.1, 0.15) is 0 Å². The van der Waals surface area contributed by atoms with Crippen LogP contribution in [0.2, 0.25) is 0 Å². The van der Waals surface area contributed by atoms with Crippen LogP contribution in [0.15, 0.2) is 0 Å². The second-order valence-corrected chi connectivity index (χ2v) is 2.73. The van der Waals surface area contributed by atoms with Gasteiger partial charge >= 0.3 is 0 Å². The van der Waals surface area contributed by atoms with E-state index in [1.807, 2.05) is 0 Å². The zero-order valence-corrected chi connectivity index (χ0v) is 6.80. The van der Waals surface area contributed by atoms with E-state index >= 15 is 0 Å². The van der Waals surface area contributed by atoms with Crippen LogP contribution in [0, 0.1) is 0 Å². The molecule has 0 aromatic rings. The van der Waals surface area contributed by atoms with E-state index in [4.69, 9.17) is 9.47 Å². The number of methoxy groups -OCH3 is 1. The molecule has 0 saturated carbocycles. The summed E-state index contributed by atoms with van der Waals surface area (Å²) >= 11 is 0. The smallest absolute Gasteiger partial charge is 0.0833 e. The SMILES string of the molecule is CCC1OCCCC1OC. The quantitative estimate of drug-likeness (QED) is 0.586. The maximum absolute atomic E-state index is 5.51. The average Bonchev–Trinajstić information content (AvgIpc) is 2.04. The second kappa shape index (κ2) is 3.94. The van der Waals surface area contributed by atoms with Crippen molar-refractivity contribution in [2.75, 3.05) is 13.7 Å². The monoisotopic (exact) mass is 144 g/mol. The Hall–Kier alpha value is -0.0800. The van der Waals surface area contributed by atoms with Crippen LogP contribution in [-0.4, -0.2) is 25.9 Å². The van der Waals surface area contributed by atoms with Gasteiger partial charge in [0.25, 0.3) is 0 Å². The summed E-state index contributed by atoms with van der Waals surface area (Å²) in [7, 11) is 1.77. The van der Waals surface area contributed by atoms with Gasteiger partial charge in [-0.1, -0.05) is 6.92 Å². The molecule has 1 fully saturated rings. The lowest BCUT2D eigenvalue weighted by Gasteiger charge is -2.29. The van der Waals surface area contributed by atoms with Crippen molar-refractivity contribution in [3.05, 3.63) is 0 Å². The van der Waals surface area contributed by atoms with Crippen LogP contribution in [0.25, 0.3) is 0 Å². The van der Waals surface area contributed by atoms with Crippen molar-refractivity contribution < 1.29 is 9.47 Å². The van der Waals surface area contributed by atoms with E-state index in [-0.39, 0.29) is 0 Å². The molecule has 1 saturated heterocycles. The lowest BCUT2D eigenvalue weighted by molar-refractivity contribution is -0.0912. The zero-order valence-electron chi connectivity index (χ0n) is 6.80. The molecule has 2 unspecified atom stereocenters. The molecule has 0 aliphatic carbocycles. The summed E-state index contributed by atoms with van der Waals surface area (Å²) in [5.41, 5.74) is 0. The predicted octanol–water partition coefficient (Wildman–Crippen LogP) is 1.59. The molecule has 2 atom stereocenters. The molecule has 2 nitrogen and oxygen atoms in total. The second-order valence-electron chi connectivity index (χ2n) is 2.73. The summed E-state index contributed by atoms with van der Waals surface area (Å²) in [6, 6.07) is 0. The number of hydrogen-bond acceptors (Lipinski definition) is 2. The van der Waals surface area contributed by atoms with E-state index in [0.717, 1.165) is 25.9 Å². The summed E-state index contributed by atoms with van der Waals surface area (Å²) in [5.74, 6) is 0. The molecular weight excluding hydrogens is 128 g/mol. The maximum Gasteiger partial charge on any atom is 0.0833 e. The molecule has 0 amide bonds. The largest absolute Gasteiger partial charge is 0.379 e. The van der Waals surface area contributed by atoms with Gasteiger partial charge in [-0.05, 0) is 19.3 Å². The molecule has 0 bridgehead atoms. The third-order valence-corrected chi connectivity index (χ3v) is 2.08. The fourth-order valence-corrected chi connectivity index (χ4v) is 1.46. The minimum atomic E-state index is 0.346. The number of rotatable bonds is 2. The first kappa shape index (κ1) is 8.02. The Morgan fingerprint density at radius 3 is 2.90 bits per heavy atom. The third kappa shape index (κ3) is 1.70. The standard InChI is InChI=1S/C8H16O2/c1-3-7-8(9-2)5-4-6-10-7/h7-8H,3-6H2,1-2H3. The lowest BCUT2D eigenvalue weighted by atomic mass is 10.0. The fraction of sp³-hybridized carbons (Fsp3) is 1.00. The van der Waals surface area contributed by atoms with E-state index in [1.54, 1.807) is 7.11 Å². The molecule has 2 heteroatoms. The summed E-state index contributed by atoms with van der Waals surface area (Å²) < 4.78 is 10.8. The van der Waals surface area contributed by atoms with Gasteiger partial charge in [-0.15, -0.1) is 0 Å².